The van der Waals surface area contributed by atoms with Gasteiger partial charge in [0.2, 0.25) is 15.5 Å². The number of hydrogen-bond donors (Lipinski definition) is 2. The van der Waals surface area contributed by atoms with Crippen molar-refractivity contribution in [1.29, 1.82) is 0 Å². The Morgan fingerprint density at radius 1 is 1.53 bits per heavy atom. The molecule has 0 fully saturated rings. The summed E-state index contributed by atoms with van der Waals surface area (Å²) in [5.74, 6) is -1.68. The fourth-order valence-corrected chi connectivity index (χ4v) is 2.04. The zero-order chi connectivity index (χ0) is 14.6. The summed E-state index contributed by atoms with van der Waals surface area (Å²) >= 11 is 0. The molecule has 0 saturated carbocycles. The summed E-state index contributed by atoms with van der Waals surface area (Å²) in [6, 6.07) is 0.896. The highest BCUT2D eigenvalue weighted by Crippen LogP contribution is 2.07. The summed E-state index contributed by atoms with van der Waals surface area (Å²) in [6.45, 7) is -0.110. The second-order valence-corrected chi connectivity index (χ2v) is 5.66. The Morgan fingerprint density at radius 2 is 2.16 bits per heavy atom. The number of ether oxygens (including phenoxy) is 1. The van der Waals surface area contributed by atoms with Gasteiger partial charge in [0.05, 0.1) is 19.1 Å². The summed E-state index contributed by atoms with van der Waals surface area (Å²) in [6.07, 6.45) is 1.18. The van der Waals surface area contributed by atoms with Crippen LogP contribution in [0.1, 0.15) is 10.5 Å². The summed E-state index contributed by atoms with van der Waals surface area (Å²) in [4.78, 5) is 22.5. The maximum absolute atomic E-state index is 11.5. The zero-order valence-corrected chi connectivity index (χ0v) is 11.2. The number of hydrogen-bond acceptors (Lipinski definition) is 5. The minimum Gasteiger partial charge on any atom is -0.491 e. The Morgan fingerprint density at radius 3 is 2.63 bits per heavy atom. The van der Waals surface area contributed by atoms with Crippen LogP contribution in [0.15, 0.2) is 17.1 Å². The van der Waals surface area contributed by atoms with Crippen molar-refractivity contribution in [2.75, 3.05) is 19.9 Å². The van der Waals surface area contributed by atoms with Crippen LogP contribution in [0, 0.1) is 0 Å². The molecule has 0 bridgehead atoms. The molecule has 0 saturated heterocycles. The van der Waals surface area contributed by atoms with Gasteiger partial charge in [-0.3, -0.25) is 4.79 Å². The van der Waals surface area contributed by atoms with Crippen molar-refractivity contribution in [2.45, 2.75) is 6.54 Å². The van der Waals surface area contributed by atoms with E-state index in [-0.39, 0.29) is 23.7 Å². The van der Waals surface area contributed by atoms with Crippen LogP contribution < -0.4 is 14.9 Å². The van der Waals surface area contributed by atoms with Gasteiger partial charge in [0.15, 0.2) is 5.75 Å². The Balaban J connectivity index is 3.17. The molecule has 1 heterocycles. The second kappa shape index (κ2) is 5.85. The second-order valence-electron chi connectivity index (χ2n) is 3.61. The van der Waals surface area contributed by atoms with Crippen molar-refractivity contribution in [3.8, 4) is 5.75 Å². The lowest BCUT2D eigenvalue weighted by Gasteiger charge is -2.12. The molecular formula is C10H14N2O6S. The van der Waals surface area contributed by atoms with Gasteiger partial charge in [0.1, 0.15) is 5.69 Å². The predicted octanol–water partition coefficient (Wildman–Crippen LogP) is -0.896. The SMILES string of the molecule is CNS(=O)(=O)CCn1cc(OC)c(=O)cc1C(=O)O. The van der Waals surface area contributed by atoms with Crippen molar-refractivity contribution >= 4 is 16.0 Å². The third kappa shape index (κ3) is 3.80. The first-order valence-electron chi connectivity index (χ1n) is 5.23. The van der Waals surface area contributed by atoms with E-state index in [9.17, 15) is 18.0 Å². The van der Waals surface area contributed by atoms with Crippen LogP contribution >= 0.6 is 0 Å². The van der Waals surface area contributed by atoms with Crippen molar-refractivity contribution in [3.05, 3.63) is 28.2 Å². The van der Waals surface area contributed by atoms with E-state index in [1.807, 2.05) is 0 Å². The zero-order valence-electron chi connectivity index (χ0n) is 10.4. The molecule has 1 aromatic rings. The van der Waals surface area contributed by atoms with Crippen molar-refractivity contribution in [3.63, 3.8) is 0 Å². The number of rotatable bonds is 6. The Bertz CT molecular complexity index is 634. The molecule has 0 aliphatic carbocycles. The highest BCUT2D eigenvalue weighted by molar-refractivity contribution is 7.89. The van der Waals surface area contributed by atoms with Crippen molar-refractivity contribution in [2.24, 2.45) is 0 Å². The molecule has 2 N–H and O–H groups in total. The average molecular weight is 290 g/mol. The van der Waals surface area contributed by atoms with Crippen LogP contribution in [0.3, 0.4) is 0 Å². The molecule has 8 nitrogen and oxygen atoms in total. The third-order valence-corrected chi connectivity index (χ3v) is 3.79. The lowest BCUT2D eigenvalue weighted by molar-refractivity contribution is 0.0684. The fraction of sp³-hybridized carbons (Fsp3) is 0.400. The van der Waals surface area contributed by atoms with Crippen LogP contribution in [0.2, 0.25) is 0 Å². The Hall–Kier alpha value is -1.87. The van der Waals surface area contributed by atoms with E-state index in [4.69, 9.17) is 9.84 Å². The van der Waals surface area contributed by atoms with E-state index in [1.54, 1.807) is 0 Å². The smallest absolute Gasteiger partial charge is 0.352 e. The highest BCUT2D eigenvalue weighted by Gasteiger charge is 2.15. The molecule has 0 aromatic carbocycles. The van der Waals surface area contributed by atoms with Crippen LogP contribution in [0.25, 0.3) is 0 Å². The molecule has 1 rings (SSSR count). The number of carboxylic acid groups (broad SMARTS) is 1. The van der Waals surface area contributed by atoms with Crippen LogP contribution in [0.5, 0.6) is 5.75 Å². The highest BCUT2D eigenvalue weighted by atomic mass is 32.2. The molecule has 0 spiro atoms. The monoisotopic (exact) mass is 290 g/mol. The van der Waals surface area contributed by atoms with E-state index in [2.05, 4.69) is 4.72 Å². The van der Waals surface area contributed by atoms with E-state index < -0.39 is 21.4 Å². The number of aromatic carboxylic acids is 1. The van der Waals surface area contributed by atoms with Crippen LogP contribution in [-0.4, -0.2) is 44.0 Å². The van der Waals surface area contributed by atoms with Crippen molar-refractivity contribution < 1.29 is 23.1 Å². The Kier molecular flexibility index (Phi) is 4.67. The number of carboxylic acids is 1. The normalized spacial score (nSPS) is 11.3. The molecule has 1 aromatic heterocycles. The minimum atomic E-state index is -3.47. The molecule has 0 unspecified atom stereocenters. The van der Waals surface area contributed by atoms with E-state index in [0.717, 1.165) is 10.6 Å². The number of aryl methyl sites for hydroxylation is 1. The summed E-state index contributed by atoms with van der Waals surface area (Å²) < 4.78 is 30.7. The molecule has 0 radical (unpaired) electrons. The Labute approximate surface area is 109 Å². The van der Waals surface area contributed by atoms with Gasteiger partial charge in [-0.1, -0.05) is 0 Å². The van der Waals surface area contributed by atoms with Gasteiger partial charge in [-0.2, -0.15) is 0 Å². The molecule has 0 aliphatic heterocycles. The van der Waals surface area contributed by atoms with Crippen LogP contribution in [-0.2, 0) is 16.6 Å². The quantitative estimate of drug-likeness (QED) is 0.702. The first-order valence-corrected chi connectivity index (χ1v) is 6.89. The minimum absolute atomic E-state index is 0.0492. The summed E-state index contributed by atoms with van der Waals surface area (Å²) in [7, 11) is -0.940. The predicted molar refractivity (Wildman–Crippen MR) is 67.1 cm³/mol. The largest absolute Gasteiger partial charge is 0.491 e. The van der Waals surface area contributed by atoms with Crippen molar-refractivity contribution in [1.82, 2.24) is 9.29 Å². The van der Waals surface area contributed by atoms with Gasteiger partial charge in [-0.15, -0.1) is 0 Å². The third-order valence-electron chi connectivity index (χ3n) is 2.44. The number of methoxy groups -OCH3 is 1. The number of pyridine rings is 1. The molecule has 19 heavy (non-hydrogen) atoms. The molecule has 0 amide bonds. The van der Waals surface area contributed by atoms with Gasteiger partial charge < -0.3 is 14.4 Å². The van der Waals surface area contributed by atoms with Gasteiger partial charge in [-0.05, 0) is 7.05 Å². The van der Waals surface area contributed by atoms with Gasteiger partial charge in [0.25, 0.3) is 0 Å². The summed E-state index contributed by atoms with van der Waals surface area (Å²) in [5.41, 5.74) is -0.871. The summed E-state index contributed by atoms with van der Waals surface area (Å²) in [5, 5.41) is 8.97. The first kappa shape index (κ1) is 15.2. The number of aromatic nitrogens is 1. The van der Waals surface area contributed by atoms with Gasteiger partial charge >= 0.3 is 5.97 Å². The first-order chi connectivity index (χ1) is 8.80. The van der Waals surface area contributed by atoms with E-state index in [1.165, 1.54) is 20.4 Å². The molecule has 106 valence electrons. The standard InChI is InChI=1S/C10H14N2O6S/c1-11-19(16,17)4-3-12-6-9(18-2)8(13)5-7(12)10(14)15/h5-6,11H,3-4H2,1-2H3,(H,14,15). The lowest BCUT2D eigenvalue weighted by atomic mass is 10.3. The number of nitrogens with zero attached hydrogens (tertiary/aromatic N) is 1. The number of carbonyl (C=O) groups is 1. The van der Waals surface area contributed by atoms with E-state index >= 15 is 0 Å². The number of nitrogens with one attached hydrogen (secondary N) is 1. The average Bonchev–Trinajstić information content (AvgIpc) is 2.36. The van der Waals surface area contributed by atoms with Gasteiger partial charge in [0, 0.05) is 12.6 Å². The molecule has 0 aliphatic rings. The molecule has 9 heteroatoms. The van der Waals surface area contributed by atoms with Gasteiger partial charge in [-0.25, -0.2) is 17.9 Å². The lowest BCUT2D eigenvalue weighted by Crippen LogP contribution is -2.27. The molecular weight excluding hydrogens is 276 g/mol. The topological polar surface area (TPSA) is 115 Å². The van der Waals surface area contributed by atoms with E-state index in [0.29, 0.717) is 0 Å². The van der Waals surface area contributed by atoms with Crippen LogP contribution in [0.4, 0.5) is 0 Å². The number of sulfonamides is 1. The molecule has 0 atom stereocenters. The maximum Gasteiger partial charge on any atom is 0.352 e. The maximum atomic E-state index is 11.5. The fourth-order valence-electron chi connectivity index (χ4n) is 1.40.